The molecule has 0 aromatic heterocycles. The summed E-state index contributed by atoms with van der Waals surface area (Å²) < 4.78 is 12.2. The van der Waals surface area contributed by atoms with Crippen LogP contribution >= 0.6 is 0 Å². The molecule has 4 heteroatoms. The lowest BCUT2D eigenvalue weighted by Gasteiger charge is -2.35. The number of carbonyl (C=O) groups is 1. The molecule has 1 aliphatic heterocycles. The first-order chi connectivity index (χ1) is 8.92. The van der Waals surface area contributed by atoms with Crippen molar-refractivity contribution in [3.63, 3.8) is 0 Å². The van der Waals surface area contributed by atoms with E-state index in [0.29, 0.717) is 6.42 Å². The highest BCUT2D eigenvalue weighted by Crippen LogP contribution is 2.39. The van der Waals surface area contributed by atoms with Gasteiger partial charge in [-0.25, -0.2) is 0 Å². The Bertz CT molecular complexity index is 455. The minimum absolute atomic E-state index is 0.279. The van der Waals surface area contributed by atoms with Crippen LogP contribution in [0, 0.1) is 0 Å². The number of benzene rings is 1. The van der Waals surface area contributed by atoms with Crippen molar-refractivity contribution in [2.75, 3.05) is 0 Å². The lowest BCUT2D eigenvalue weighted by Crippen LogP contribution is -2.44. The van der Waals surface area contributed by atoms with E-state index in [2.05, 4.69) is 27.7 Å². The predicted octanol–water partition coefficient (Wildman–Crippen LogP) is 2.12. The highest BCUT2D eigenvalue weighted by atomic mass is 16.7. The monoisotopic (exact) mass is 260 g/mol. The van der Waals surface area contributed by atoms with Gasteiger partial charge < -0.3 is 14.1 Å². The maximum absolute atomic E-state index is 10.5. The predicted molar refractivity (Wildman–Crippen MR) is 76.5 cm³/mol. The Morgan fingerprint density at radius 3 is 2.26 bits per heavy atom. The van der Waals surface area contributed by atoms with Crippen molar-refractivity contribution in [2.24, 2.45) is 0 Å². The van der Waals surface area contributed by atoms with Crippen molar-refractivity contribution in [1.29, 1.82) is 0 Å². The van der Waals surface area contributed by atoms with Gasteiger partial charge in [-0.2, -0.15) is 0 Å². The molecule has 0 spiro atoms. The van der Waals surface area contributed by atoms with Crippen molar-refractivity contribution >= 4 is 18.9 Å². The largest absolute Gasteiger partial charge is 0.494 e. The lowest BCUT2D eigenvalue weighted by molar-refractivity contribution is -0.107. The highest BCUT2D eigenvalue weighted by Gasteiger charge is 2.53. The molecule has 3 nitrogen and oxygen atoms in total. The summed E-state index contributed by atoms with van der Waals surface area (Å²) in [7, 11) is -0.328. The van der Waals surface area contributed by atoms with E-state index in [1.165, 1.54) is 0 Å². The first-order valence-corrected chi connectivity index (χ1v) is 6.80. The zero-order valence-electron chi connectivity index (χ0n) is 12.1. The van der Waals surface area contributed by atoms with Crippen LogP contribution in [0.5, 0.6) is 0 Å². The third-order valence-corrected chi connectivity index (χ3v) is 4.29. The summed E-state index contributed by atoms with van der Waals surface area (Å²) in [5, 5.41) is 0. The topological polar surface area (TPSA) is 35.5 Å². The third kappa shape index (κ3) is 2.60. The van der Waals surface area contributed by atoms with Crippen LogP contribution in [-0.4, -0.2) is 24.6 Å². The Labute approximate surface area is 115 Å². The van der Waals surface area contributed by atoms with Crippen molar-refractivity contribution in [1.82, 2.24) is 0 Å². The van der Waals surface area contributed by atoms with Crippen molar-refractivity contribution in [3.8, 4) is 0 Å². The average Bonchev–Trinajstić information content (AvgIpc) is 2.62. The van der Waals surface area contributed by atoms with E-state index in [0.717, 1.165) is 23.7 Å². The molecule has 0 radical (unpaired) electrons. The van der Waals surface area contributed by atoms with E-state index in [-0.39, 0.29) is 18.3 Å². The van der Waals surface area contributed by atoms with Crippen LogP contribution in [0.1, 0.15) is 39.7 Å². The number of hydrogen-bond donors (Lipinski definition) is 0. The van der Waals surface area contributed by atoms with E-state index in [4.69, 9.17) is 9.31 Å². The summed E-state index contributed by atoms with van der Waals surface area (Å²) in [5.74, 6) is 0. The minimum atomic E-state index is -0.328. The summed E-state index contributed by atoms with van der Waals surface area (Å²) in [6.07, 6.45) is 2.26. The maximum Gasteiger partial charge on any atom is 0.494 e. The first-order valence-electron chi connectivity index (χ1n) is 6.80. The smallest absolute Gasteiger partial charge is 0.399 e. The first kappa shape index (κ1) is 14.3. The molecule has 19 heavy (non-hydrogen) atoms. The summed E-state index contributed by atoms with van der Waals surface area (Å²) in [6.45, 7) is 8.34. The second kappa shape index (κ2) is 5.10. The van der Waals surface area contributed by atoms with Gasteiger partial charge in [0.25, 0.3) is 0 Å². The van der Waals surface area contributed by atoms with Crippen molar-refractivity contribution in [3.05, 3.63) is 29.8 Å². The van der Waals surface area contributed by atoms with Crippen molar-refractivity contribution in [2.45, 2.75) is 51.7 Å². The zero-order valence-corrected chi connectivity index (χ0v) is 12.1. The molecule has 1 unspecified atom stereocenters. The molecule has 1 aromatic rings. The van der Waals surface area contributed by atoms with E-state index in [1.807, 2.05) is 24.3 Å². The molecular weight excluding hydrogens is 239 g/mol. The standard InChI is InChI=1S/C15H21BO3/c1-5-15(4)14(2,3)18-16(19-15)13-8-6-12(7-9-13)10-11-17/h6-9,11H,5,10H2,1-4H3. The molecule has 1 fully saturated rings. The Morgan fingerprint density at radius 1 is 1.16 bits per heavy atom. The summed E-state index contributed by atoms with van der Waals surface area (Å²) in [6, 6.07) is 7.85. The Hall–Kier alpha value is -1.13. The molecule has 0 N–H and O–H groups in total. The Balaban J connectivity index is 2.18. The molecule has 102 valence electrons. The van der Waals surface area contributed by atoms with Crippen LogP contribution < -0.4 is 5.46 Å². The quantitative estimate of drug-likeness (QED) is 0.614. The van der Waals surface area contributed by atoms with E-state index in [9.17, 15) is 4.79 Å². The van der Waals surface area contributed by atoms with Crippen LogP contribution in [0.3, 0.4) is 0 Å². The molecule has 1 heterocycles. The number of aldehydes is 1. The number of rotatable bonds is 4. The second-order valence-electron chi connectivity index (χ2n) is 5.77. The van der Waals surface area contributed by atoms with E-state index < -0.39 is 0 Å². The van der Waals surface area contributed by atoms with Crippen LogP contribution in [0.25, 0.3) is 0 Å². The molecule has 1 saturated heterocycles. The maximum atomic E-state index is 10.5. The molecule has 1 atom stereocenters. The van der Waals surface area contributed by atoms with Gasteiger partial charge in [-0.15, -0.1) is 0 Å². The van der Waals surface area contributed by atoms with Crippen LogP contribution in [-0.2, 0) is 20.5 Å². The van der Waals surface area contributed by atoms with E-state index >= 15 is 0 Å². The van der Waals surface area contributed by atoms with Gasteiger partial charge in [0, 0.05) is 6.42 Å². The van der Waals surface area contributed by atoms with Gasteiger partial charge in [-0.3, -0.25) is 0 Å². The fourth-order valence-corrected chi connectivity index (χ4v) is 2.35. The average molecular weight is 260 g/mol. The summed E-state index contributed by atoms with van der Waals surface area (Å²) in [5.41, 5.74) is 1.42. The van der Waals surface area contributed by atoms with Gasteiger partial charge in [0.05, 0.1) is 11.2 Å². The van der Waals surface area contributed by atoms with Gasteiger partial charge in [0.2, 0.25) is 0 Å². The molecule has 0 amide bonds. The number of hydrogen-bond acceptors (Lipinski definition) is 3. The molecule has 0 aliphatic carbocycles. The summed E-state index contributed by atoms with van der Waals surface area (Å²) >= 11 is 0. The number of carbonyl (C=O) groups excluding carboxylic acids is 1. The van der Waals surface area contributed by atoms with Crippen molar-refractivity contribution < 1.29 is 14.1 Å². The molecule has 0 saturated carbocycles. The fraction of sp³-hybridized carbons (Fsp3) is 0.533. The normalized spacial score (nSPS) is 25.6. The van der Waals surface area contributed by atoms with Gasteiger partial charge >= 0.3 is 7.12 Å². The highest BCUT2D eigenvalue weighted by molar-refractivity contribution is 6.62. The third-order valence-electron chi connectivity index (χ3n) is 4.29. The van der Waals surface area contributed by atoms with Gasteiger partial charge in [0.1, 0.15) is 6.29 Å². The summed E-state index contributed by atoms with van der Waals surface area (Å²) in [4.78, 5) is 10.5. The van der Waals surface area contributed by atoms with Crippen LogP contribution in [0.15, 0.2) is 24.3 Å². The molecule has 1 aromatic carbocycles. The second-order valence-corrected chi connectivity index (χ2v) is 5.77. The minimum Gasteiger partial charge on any atom is -0.399 e. The molecule has 0 bridgehead atoms. The Kier molecular flexibility index (Phi) is 3.84. The van der Waals surface area contributed by atoms with Gasteiger partial charge in [0.15, 0.2) is 0 Å². The van der Waals surface area contributed by atoms with Crippen LogP contribution in [0.4, 0.5) is 0 Å². The van der Waals surface area contributed by atoms with E-state index in [1.54, 1.807) is 0 Å². The zero-order chi connectivity index (χ0) is 14.1. The van der Waals surface area contributed by atoms with Crippen LogP contribution in [0.2, 0.25) is 0 Å². The molecular formula is C15H21BO3. The lowest BCUT2D eigenvalue weighted by atomic mass is 9.79. The fourth-order valence-electron chi connectivity index (χ4n) is 2.35. The Morgan fingerprint density at radius 2 is 1.79 bits per heavy atom. The van der Waals surface area contributed by atoms with Gasteiger partial charge in [-0.05, 0) is 38.2 Å². The molecule has 2 rings (SSSR count). The molecule has 1 aliphatic rings. The SMILES string of the molecule is CCC1(C)OB(c2ccc(CC=O)cc2)OC1(C)C. The van der Waals surface area contributed by atoms with Gasteiger partial charge in [-0.1, -0.05) is 31.2 Å².